The van der Waals surface area contributed by atoms with Gasteiger partial charge in [-0.15, -0.1) is 0 Å². The van der Waals surface area contributed by atoms with E-state index in [1.807, 2.05) is 6.92 Å². The van der Waals surface area contributed by atoms with Gasteiger partial charge in [0.1, 0.15) is 5.82 Å². The Morgan fingerprint density at radius 1 is 1.45 bits per heavy atom. The number of rotatable bonds is 4. The molecule has 5 nitrogen and oxygen atoms in total. The zero-order valence-corrected chi connectivity index (χ0v) is 11.9. The Morgan fingerprint density at radius 3 is 2.55 bits per heavy atom. The van der Waals surface area contributed by atoms with E-state index >= 15 is 0 Å². The minimum absolute atomic E-state index is 0.0198. The van der Waals surface area contributed by atoms with Gasteiger partial charge >= 0.3 is 0 Å². The Hall–Kier alpha value is -1.47. The van der Waals surface area contributed by atoms with Gasteiger partial charge in [0.25, 0.3) is 5.91 Å². The van der Waals surface area contributed by atoms with Crippen molar-refractivity contribution in [3.05, 3.63) is 29.6 Å². The van der Waals surface area contributed by atoms with E-state index in [9.17, 15) is 17.6 Å². The number of hydrogen-bond donors (Lipinski definition) is 2. The molecule has 1 aromatic rings. The number of amides is 1. The zero-order valence-electron chi connectivity index (χ0n) is 11.1. The maximum Gasteiger partial charge on any atom is 0.254 e. The van der Waals surface area contributed by atoms with Crippen molar-refractivity contribution in [1.29, 1.82) is 0 Å². The van der Waals surface area contributed by atoms with Gasteiger partial charge in [0, 0.05) is 6.04 Å². The highest BCUT2D eigenvalue weighted by atomic mass is 32.2. The number of halogens is 1. The zero-order chi connectivity index (χ0) is 14.9. The molecule has 20 heavy (non-hydrogen) atoms. The average Bonchev–Trinajstić information content (AvgIpc) is 2.24. The van der Waals surface area contributed by atoms with Crippen LogP contribution in [0.1, 0.15) is 36.5 Å². The van der Waals surface area contributed by atoms with E-state index in [-0.39, 0.29) is 16.5 Å². The lowest BCUT2D eigenvalue weighted by atomic mass is 9.80. The van der Waals surface area contributed by atoms with Crippen LogP contribution in [0.5, 0.6) is 0 Å². The molecule has 1 aliphatic carbocycles. The highest BCUT2D eigenvalue weighted by Crippen LogP contribution is 2.29. The van der Waals surface area contributed by atoms with Gasteiger partial charge in [0.15, 0.2) is 0 Å². The fourth-order valence-electron chi connectivity index (χ4n) is 2.20. The van der Waals surface area contributed by atoms with Crippen LogP contribution in [-0.2, 0) is 10.0 Å². The van der Waals surface area contributed by atoms with Gasteiger partial charge < -0.3 is 5.32 Å². The molecule has 1 amide bonds. The fourth-order valence-corrected chi connectivity index (χ4v) is 2.72. The summed E-state index contributed by atoms with van der Waals surface area (Å²) in [5, 5.41) is 7.64. The number of benzene rings is 1. The molecule has 0 spiro atoms. The molecule has 1 aliphatic rings. The van der Waals surface area contributed by atoms with Crippen LogP contribution >= 0.6 is 0 Å². The van der Waals surface area contributed by atoms with E-state index in [1.165, 1.54) is 0 Å². The summed E-state index contributed by atoms with van der Waals surface area (Å²) in [5.41, 5.74) is -0.177. The molecule has 0 bridgehead atoms. The van der Waals surface area contributed by atoms with Gasteiger partial charge in [-0.3, -0.25) is 4.79 Å². The first-order valence-electron chi connectivity index (χ1n) is 6.42. The molecule has 110 valence electrons. The minimum atomic E-state index is -3.97. The standard InChI is InChI=1S/C13H17FN2O3S/c1-8(9-3-2-4-9)16-13(17)11-6-5-10(7-12(11)14)20(15,18)19/h5-9H,2-4H2,1H3,(H,16,17)(H2,15,18,19). The third-order valence-corrected chi connectivity index (χ3v) is 4.64. The van der Waals surface area contributed by atoms with Gasteiger partial charge in [-0.2, -0.15) is 0 Å². The van der Waals surface area contributed by atoms with Crippen molar-refractivity contribution in [3.63, 3.8) is 0 Å². The van der Waals surface area contributed by atoms with Crippen molar-refractivity contribution in [1.82, 2.24) is 5.32 Å². The molecule has 1 atom stereocenters. The topological polar surface area (TPSA) is 89.3 Å². The van der Waals surface area contributed by atoms with Gasteiger partial charge in [0.05, 0.1) is 10.5 Å². The number of carbonyl (C=O) groups excluding carboxylic acids is 1. The molecular formula is C13H17FN2O3S. The number of sulfonamides is 1. The third kappa shape index (κ3) is 3.16. The summed E-state index contributed by atoms with van der Waals surface area (Å²) in [5.74, 6) is -0.997. The molecule has 0 aromatic heterocycles. The SMILES string of the molecule is CC(NC(=O)c1ccc(S(N)(=O)=O)cc1F)C1CCC1. The molecule has 1 aromatic carbocycles. The lowest BCUT2D eigenvalue weighted by Crippen LogP contribution is -2.41. The Morgan fingerprint density at radius 2 is 2.10 bits per heavy atom. The minimum Gasteiger partial charge on any atom is -0.349 e. The monoisotopic (exact) mass is 300 g/mol. The number of nitrogens with one attached hydrogen (secondary N) is 1. The molecule has 0 saturated heterocycles. The summed E-state index contributed by atoms with van der Waals surface area (Å²) in [6.07, 6.45) is 3.28. The van der Waals surface area contributed by atoms with Gasteiger partial charge in [-0.05, 0) is 43.9 Å². The van der Waals surface area contributed by atoms with Crippen molar-refractivity contribution in [2.75, 3.05) is 0 Å². The van der Waals surface area contributed by atoms with Crippen LogP contribution in [0.4, 0.5) is 4.39 Å². The Kier molecular flexibility index (Phi) is 4.10. The van der Waals surface area contributed by atoms with Crippen molar-refractivity contribution < 1.29 is 17.6 Å². The quantitative estimate of drug-likeness (QED) is 0.880. The van der Waals surface area contributed by atoms with E-state index < -0.39 is 21.7 Å². The number of primary sulfonamides is 1. The largest absolute Gasteiger partial charge is 0.349 e. The van der Waals surface area contributed by atoms with Crippen LogP contribution in [0, 0.1) is 11.7 Å². The summed E-state index contributed by atoms with van der Waals surface area (Å²) in [6.45, 7) is 1.89. The second-order valence-electron chi connectivity index (χ2n) is 5.14. The molecular weight excluding hydrogens is 283 g/mol. The van der Waals surface area contributed by atoms with Crippen LogP contribution in [0.3, 0.4) is 0 Å². The molecule has 2 rings (SSSR count). The van der Waals surface area contributed by atoms with Crippen LogP contribution in [0.25, 0.3) is 0 Å². The van der Waals surface area contributed by atoms with E-state index in [4.69, 9.17) is 5.14 Å². The first-order chi connectivity index (χ1) is 9.29. The Labute approximate surface area is 117 Å². The molecule has 3 N–H and O–H groups in total. The van der Waals surface area contributed by atoms with Gasteiger partial charge in [0.2, 0.25) is 10.0 Å². The van der Waals surface area contributed by atoms with Crippen molar-refractivity contribution in [2.45, 2.75) is 37.1 Å². The smallest absolute Gasteiger partial charge is 0.254 e. The van der Waals surface area contributed by atoms with Crippen LogP contribution in [0.2, 0.25) is 0 Å². The average molecular weight is 300 g/mol. The van der Waals surface area contributed by atoms with Crippen molar-refractivity contribution >= 4 is 15.9 Å². The molecule has 0 radical (unpaired) electrons. The van der Waals surface area contributed by atoms with Crippen molar-refractivity contribution in [3.8, 4) is 0 Å². The van der Waals surface area contributed by atoms with Crippen LogP contribution in [-0.4, -0.2) is 20.4 Å². The predicted octanol–water partition coefficient (Wildman–Crippen LogP) is 1.39. The first kappa shape index (κ1) is 14.9. The molecule has 7 heteroatoms. The molecule has 1 saturated carbocycles. The summed E-state index contributed by atoms with van der Waals surface area (Å²) in [7, 11) is -3.97. The highest BCUT2D eigenvalue weighted by Gasteiger charge is 2.26. The number of carbonyl (C=O) groups is 1. The molecule has 1 fully saturated rings. The summed E-state index contributed by atoms with van der Waals surface area (Å²) in [4.78, 5) is 11.6. The summed E-state index contributed by atoms with van der Waals surface area (Å²) in [6, 6.07) is 3.01. The first-order valence-corrected chi connectivity index (χ1v) is 7.97. The van der Waals surface area contributed by atoms with Gasteiger partial charge in [-0.25, -0.2) is 17.9 Å². The summed E-state index contributed by atoms with van der Waals surface area (Å²) < 4.78 is 36.0. The van der Waals surface area contributed by atoms with Crippen molar-refractivity contribution in [2.24, 2.45) is 11.1 Å². The van der Waals surface area contributed by atoms with E-state index in [0.717, 1.165) is 37.5 Å². The van der Waals surface area contributed by atoms with Gasteiger partial charge in [-0.1, -0.05) is 6.42 Å². The number of nitrogens with two attached hydrogens (primary N) is 1. The Bertz CT molecular complexity index is 627. The van der Waals surface area contributed by atoms with Crippen LogP contribution < -0.4 is 10.5 Å². The normalized spacial score (nSPS) is 17.4. The van der Waals surface area contributed by atoms with E-state index in [0.29, 0.717) is 5.92 Å². The highest BCUT2D eigenvalue weighted by molar-refractivity contribution is 7.89. The lowest BCUT2D eigenvalue weighted by Gasteiger charge is -2.31. The lowest BCUT2D eigenvalue weighted by molar-refractivity contribution is 0.0905. The van der Waals surface area contributed by atoms with Crippen LogP contribution in [0.15, 0.2) is 23.1 Å². The fraction of sp³-hybridized carbons (Fsp3) is 0.462. The molecule has 0 heterocycles. The van der Waals surface area contributed by atoms with E-state index in [1.54, 1.807) is 0 Å². The maximum absolute atomic E-state index is 13.8. The molecule has 0 aliphatic heterocycles. The Balaban J connectivity index is 2.14. The summed E-state index contributed by atoms with van der Waals surface area (Å²) >= 11 is 0. The predicted molar refractivity (Wildman–Crippen MR) is 72.0 cm³/mol. The van der Waals surface area contributed by atoms with E-state index in [2.05, 4.69) is 5.32 Å². The maximum atomic E-state index is 13.8. The second-order valence-corrected chi connectivity index (χ2v) is 6.70. The number of hydrogen-bond acceptors (Lipinski definition) is 3. The third-order valence-electron chi connectivity index (χ3n) is 3.73. The second kappa shape index (κ2) is 5.49. The molecule has 1 unspecified atom stereocenters.